The number of rotatable bonds is 9. The molecule has 2 atom stereocenters. The maximum absolute atomic E-state index is 10.9. The van der Waals surface area contributed by atoms with Crippen LogP contribution in [0, 0.1) is 12.8 Å². The van der Waals surface area contributed by atoms with Crippen molar-refractivity contribution in [3.05, 3.63) is 64.7 Å². The number of aryl methyl sites for hydroxylation is 1. The van der Waals surface area contributed by atoms with E-state index in [1.165, 1.54) is 24.0 Å². The molecule has 2 heterocycles. The van der Waals surface area contributed by atoms with Gasteiger partial charge in [-0.05, 0) is 81.4 Å². The molecule has 1 saturated heterocycles. The lowest BCUT2D eigenvalue weighted by atomic mass is 9.82. The van der Waals surface area contributed by atoms with Crippen LogP contribution in [0.15, 0.2) is 42.5 Å². The molecule has 0 saturated carbocycles. The maximum Gasteiger partial charge on any atom is 0.122 e. The molecule has 0 radical (unpaired) electrons. The van der Waals surface area contributed by atoms with Gasteiger partial charge in [0.2, 0.25) is 0 Å². The second-order valence-corrected chi connectivity index (χ2v) is 10.1. The van der Waals surface area contributed by atoms with Gasteiger partial charge in [-0.2, -0.15) is 0 Å². The van der Waals surface area contributed by atoms with Gasteiger partial charge < -0.3 is 14.7 Å². The van der Waals surface area contributed by atoms with E-state index in [1.807, 2.05) is 6.92 Å². The molecule has 0 unspecified atom stereocenters. The predicted molar refractivity (Wildman–Crippen MR) is 150 cm³/mol. The molecule has 35 heavy (non-hydrogen) atoms. The summed E-state index contributed by atoms with van der Waals surface area (Å²) in [5.41, 5.74) is 4.71. The molecule has 6 heteroatoms. The first kappa shape index (κ1) is 29.9. The summed E-state index contributed by atoms with van der Waals surface area (Å²) in [5.74, 6) is 1.04. The zero-order valence-corrected chi connectivity index (χ0v) is 23.3. The van der Waals surface area contributed by atoms with E-state index in [1.54, 1.807) is 0 Å². The van der Waals surface area contributed by atoms with Gasteiger partial charge in [-0.1, -0.05) is 56.3 Å². The molecule has 1 fully saturated rings. The van der Waals surface area contributed by atoms with Crippen LogP contribution in [-0.2, 0) is 17.7 Å². The van der Waals surface area contributed by atoms with Gasteiger partial charge in [-0.15, -0.1) is 24.8 Å². The normalized spacial score (nSPS) is 20.7. The fraction of sp³-hybridized carbons (Fsp3) is 0.586. The van der Waals surface area contributed by atoms with Crippen LogP contribution in [0.25, 0.3) is 0 Å². The first-order chi connectivity index (χ1) is 16.1. The van der Waals surface area contributed by atoms with Crippen LogP contribution in [0.5, 0.6) is 5.75 Å². The van der Waals surface area contributed by atoms with Crippen molar-refractivity contribution in [2.75, 3.05) is 32.7 Å². The second-order valence-electron chi connectivity index (χ2n) is 10.1. The van der Waals surface area contributed by atoms with E-state index in [-0.39, 0.29) is 37.0 Å². The number of fused-ring (bicyclic) bond motifs is 1. The summed E-state index contributed by atoms with van der Waals surface area (Å²) < 4.78 is 6.85. The first-order valence-corrected chi connectivity index (χ1v) is 13.0. The summed E-state index contributed by atoms with van der Waals surface area (Å²) in [6.07, 6.45) is 5.72. The Morgan fingerprint density at radius 2 is 1.63 bits per heavy atom. The molecule has 0 aromatic heterocycles. The van der Waals surface area contributed by atoms with Crippen molar-refractivity contribution >= 4 is 24.8 Å². The van der Waals surface area contributed by atoms with Crippen molar-refractivity contribution in [3.63, 3.8) is 0 Å². The van der Waals surface area contributed by atoms with Gasteiger partial charge in [0, 0.05) is 25.1 Å². The predicted octanol–water partition coefficient (Wildman–Crippen LogP) is 6.56. The molecule has 0 aliphatic carbocycles. The van der Waals surface area contributed by atoms with E-state index >= 15 is 0 Å². The number of nitrogens with zero attached hydrogens (tertiary/aromatic N) is 2. The Morgan fingerprint density at radius 1 is 0.971 bits per heavy atom. The highest BCUT2D eigenvalue weighted by Crippen LogP contribution is 2.41. The van der Waals surface area contributed by atoms with Crippen LogP contribution < -0.4 is 0 Å². The highest BCUT2D eigenvalue weighted by Gasteiger charge is 2.36. The van der Waals surface area contributed by atoms with Gasteiger partial charge in [0.1, 0.15) is 5.75 Å². The highest BCUT2D eigenvalue weighted by molar-refractivity contribution is 5.85. The van der Waals surface area contributed by atoms with Crippen LogP contribution in [-0.4, -0.2) is 53.7 Å². The maximum atomic E-state index is 10.9. The lowest BCUT2D eigenvalue weighted by molar-refractivity contribution is -0.0795. The molecule has 2 aliphatic heterocycles. The van der Waals surface area contributed by atoms with Crippen molar-refractivity contribution in [2.24, 2.45) is 5.92 Å². The Hall–Kier alpha value is -1.30. The summed E-state index contributed by atoms with van der Waals surface area (Å²) in [4.78, 5) is 5.11. The summed E-state index contributed by atoms with van der Waals surface area (Å²) in [5, 5.41) is 10.9. The van der Waals surface area contributed by atoms with Crippen molar-refractivity contribution in [1.29, 1.82) is 0 Å². The van der Waals surface area contributed by atoms with Crippen LogP contribution in [0.4, 0.5) is 0 Å². The number of piperidine rings is 1. The molecule has 196 valence electrons. The number of hydrogen-bond donors (Lipinski definition) is 1. The lowest BCUT2D eigenvalue weighted by Crippen LogP contribution is -2.43. The molecular weight excluding hydrogens is 479 g/mol. The minimum Gasteiger partial charge on any atom is -0.507 e. The fourth-order valence-electron chi connectivity index (χ4n) is 5.72. The molecule has 0 amide bonds. The van der Waals surface area contributed by atoms with Crippen molar-refractivity contribution in [1.82, 2.24) is 9.80 Å². The Balaban J connectivity index is 0.00000216. The number of benzene rings is 2. The lowest BCUT2D eigenvalue weighted by Gasteiger charge is -2.42. The number of phenolic OH excluding ortho intramolecular Hbond substituents is 1. The Morgan fingerprint density at radius 3 is 2.26 bits per heavy atom. The first-order valence-electron chi connectivity index (χ1n) is 13.0. The van der Waals surface area contributed by atoms with Crippen LogP contribution in [0.1, 0.15) is 67.9 Å². The summed E-state index contributed by atoms with van der Waals surface area (Å²) in [7, 11) is 0. The Labute approximate surface area is 224 Å². The average molecular weight is 524 g/mol. The number of aromatic hydroxyl groups is 1. The molecule has 1 N–H and O–H groups in total. The van der Waals surface area contributed by atoms with E-state index in [9.17, 15) is 5.11 Å². The van der Waals surface area contributed by atoms with E-state index < -0.39 is 0 Å². The quantitative estimate of drug-likeness (QED) is 0.404. The van der Waals surface area contributed by atoms with Crippen molar-refractivity contribution in [2.45, 2.75) is 71.6 Å². The number of likely N-dealkylation sites (tertiary alicyclic amines) is 1. The number of halogens is 2. The zero-order valence-electron chi connectivity index (χ0n) is 21.6. The van der Waals surface area contributed by atoms with Gasteiger partial charge >= 0.3 is 0 Å². The smallest absolute Gasteiger partial charge is 0.122 e. The van der Waals surface area contributed by atoms with Crippen LogP contribution in [0.2, 0.25) is 0 Å². The largest absolute Gasteiger partial charge is 0.507 e. The zero-order chi connectivity index (χ0) is 23.2. The SMILES string of the molecule is CCCN(CCC)C[C@@H]1O[C@H](C2CCN(Cc3ccccc3)CC2)Cc2c1ccc(C)c2O.Cl.Cl. The monoisotopic (exact) mass is 522 g/mol. The van der Waals surface area contributed by atoms with E-state index in [4.69, 9.17) is 4.74 Å². The number of hydrogen-bond acceptors (Lipinski definition) is 4. The number of ether oxygens (including phenoxy) is 1. The van der Waals surface area contributed by atoms with Crippen LogP contribution >= 0.6 is 24.8 Å². The fourth-order valence-corrected chi connectivity index (χ4v) is 5.72. The second kappa shape index (κ2) is 14.4. The van der Waals surface area contributed by atoms with Crippen LogP contribution in [0.3, 0.4) is 0 Å². The van der Waals surface area contributed by atoms with E-state index in [2.05, 4.69) is 66.1 Å². The molecular formula is C29H44Cl2N2O2. The Bertz CT molecular complexity index is 882. The average Bonchev–Trinajstić information content (AvgIpc) is 2.83. The molecule has 0 spiro atoms. The molecule has 4 nitrogen and oxygen atoms in total. The standard InChI is InChI=1S/C29H42N2O2.2ClH/c1-4-15-30(16-5-2)21-28-25-12-11-22(3)29(32)26(25)19-27(33-28)24-13-17-31(18-14-24)20-23-9-7-6-8-10-23;;/h6-12,24,27-28,32H,4-5,13-21H2,1-3H3;2*1H/t27-,28-;;/m0../s1. The van der Waals surface area contributed by atoms with Gasteiger partial charge in [0.05, 0.1) is 12.2 Å². The van der Waals surface area contributed by atoms with Crippen molar-refractivity contribution in [3.8, 4) is 5.75 Å². The minimum absolute atomic E-state index is 0. The van der Waals surface area contributed by atoms with E-state index in [0.717, 1.165) is 69.7 Å². The minimum atomic E-state index is 0. The third-order valence-corrected chi connectivity index (χ3v) is 7.52. The third-order valence-electron chi connectivity index (χ3n) is 7.52. The molecule has 0 bridgehead atoms. The van der Waals surface area contributed by atoms with Gasteiger partial charge in [0.15, 0.2) is 0 Å². The third kappa shape index (κ3) is 7.60. The summed E-state index contributed by atoms with van der Waals surface area (Å²) in [6.45, 7) is 12.9. The molecule has 2 aromatic carbocycles. The van der Waals surface area contributed by atoms with Gasteiger partial charge in [0.25, 0.3) is 0 Å². The van der Waals surface area contributed by atoms with E-state index in [0.29, 0.717) is 11.7 Å². The van der Waals surface area contributed by atoms with Gasteiger partial charge in [-0.3, -0.25) is 4.90 Å². The molecule has 2 aliphatic rings. The summed E-state index contributed by atoms with van der Waals surface area (Å²) >= 11 is 0. The van der Waals surface area contributed by atoms with Gasteiger partial charge in [-0.25, -0.2) is 0 Å². The van der Waals surface area contributed by atoms with Crippen molar-refractivity contribution < 1.29 is 9.84 Å². The Kier molecular flexibility index (Phi) is 12.3. The molecule has 2 aromatic rings. The number of phenols is 1. The molecule has 4 rings (SSSR count). The highest BCUT2D eigenvalue weighted by atomic mass is 35.5. The topological polar surface area (TPSA) is 35.9 Å². The summed E-state index contributed by atoms with van der Waals surface area (Å²) in [6, 6.07) is 15.0.